The molecular formula is C23H21ClN4O3. The summed E-state index contributed by atoms with van der Waals surface area (Å²) in [6.07, 6.45) is 0. The molecule has 31 heavy (non-hydrogen) atoms. The molecule has 7 nitrogen and oxygen atoms in total. The topological polar surface area (TPSA) is 82.2 Å². The van der Waals surface area contributed by atoms with Gasteiger partial charge in [0.2, 0.25) is 5.88 Å². The molecule has 0 radical (unpaired) electrons. The number of carbonyl (C=O) groups excluding carboxylic acids is 1. The highest BCUT2D eigenvalue weighted by Gasteiger charge is 2.28. The lowest BCUT2D eigenvalue weighted by molar-refractivity contribution is 0.0950. The van der Waals surface area contributed by atoms with Crippen LogP contribution >= 0.6 is 11.6 Å². The van der Waals surface area contributed by atoms with E-state index >= 15 is 0 Å². The van der Waals surface area contributed by atoms with Crippen LogP contribution in [0.4, 0.5) is 0 Å². The fourth-order valence-corrected chi connectivity index (χ4v) is 3.44. The lowest BCUT2D eigenvalue weighted by Crippen LogP contribution is -2.23. The van der Waals surface area contributed by atoms with Gasteiger partial charge in [-0.2, -0.15) is 5.10 Å². The minimum Gasteiger partial charge on any atom is -0.439 e. The summed E-state index contributed by atoms with van der Waals surface area (Å²) in [5.41, 5.74) is 3.00. The van der Waals surface area contributed by atoms with Crippen LogP contribution in [0.25, 0.3) is 11.3 Å². The van der Waals surface area contributed by atoms with E-state index in [0.717, 1.165) is 5.56 Å². The number of hydrogen-bond acceptors (Lipinski definition) is 5. The number of benzene rings is 2. The second-order valence-corrected chi connectivity index (χ2v) is 7.51. The average Bonchev–Trinajstić information content (AvgIpc) is 3.27. The highest BCUT2D eigenvalue weighted by Crippen LogP contribution is 2.37. The Morgan fingerprint density at radius 1 is 1.13 bits per heavy atom. The quantitative estimate of drug-likeness (QED) is 0.456. The zero-order chi connectivity index (χ0) is 22.0. The Hall–Kier alpha value is -3.58. The summed E-state index contributed by atoms with van der Waals surface area (Å²) in [5, 5.41) is 12.2. The zero-order valence-electron chi connectivity index (χ0n) is 17.3. The molecular weight excluding hydrogens is 416 g/mol. The minimum absolute atomic E-state index is 0.279. The van der Waals surface area contributed by atoms with Gasteiger partial charge in [0, 0.05) is 18.6 Å². The third-order valence-corrected chi connectivity index (χ3v) is 5.07. The molecule has 0 aliphatic rings. The first-order valence-corrected chi connectivity index (χ1v) is 10.1. The number of aryl methyl sites for hydroxylation is 3. The van der Waals surface area contributed by atoms with Crippen molar-refractivity contribution in [3.05, 3.63) is 82.2 Å². The van der Waals surface area contributed by atoms with Gasteiger partial charge in [0.1, 0.15) is 22.8 Å². The Balaban J connectivity index is 1.67. The smallest absolute Gasteiger partial charge is 0.257 e. The van der Waals surface area contributed by atoms with Crippen LogP contribution in [0.2, 0.25) is 5.02 Å². The predicted molar refractivity (Wildman–Crippen MR) is 117 cm³/mol. The molecule has 0 fully saturated rings. The normalized spacial score (nSPS) is 10.8. The fraction of sp³-hybridized carbons (Fsp3) is 0.174. The van der Waals surface area contributed by atoms with Crippen LogP contribution in [0, 0.1) is 13.8 Å². The molecule has 4 aromatic rings. The van der Waals surface area contributed by atoms with E-state index in [-0.39, 0.29) is 5.91 Å². The number of ether oxygens (including phenoxy) is 1. The molecule has 0 aliphatic carbocycles. The molecule has 2 heterocycles. The molecule has 0 aliphatic heterocycles. The molecule has 8 heteroatoms. The first-order valence-electron chi connectivity index (χ1n) is 9.70. The van der Waals surface area contributed by atoms with Crippen LogP contribution in [0.3, 0.4) is 0 Å². The molecule has 0 spiro atoms. The van der Waals surface area contributed by atoms with Crippen LogP contribution in [0.5, 0.6) is 11.6 Å². The van der Waals surface area contributed by atoms with Crippen LogP contribution in [0.15, 0.2) is 59.1 Å². The molecule has 1 amide bonds. The Kier molecular flexibility index (Phi) is 5.77. The van der Waals surface area contributed by atoms with Crippen molar-refractivity contribution in [2.24, 2.45) is 7.05 Å². The van der Waals surface area contributed by atoms with Gasteiger partial charge in [-0.3, -0.25) is 4.79 Å². The van der Waals surface area contributed by atoms with Gasteiger partial charge in [0.05, 0.1) is 11.3 Å². The lowest BCUT2D eigenvalue weighted by Gasteiger charge is -2.09. The SMILES string of the molecule is Cc1nn(C)c(Oc2ccc(Cl)cc2)c1-c1noc(C)c1C(=O)NCc1ccccc1. The van der Waals surface area contributed by atoms with Gasteiger partial charge >= 0.3 is 0 Å². The van der Waals surface area contributed by atoms with Crippen molar-refractivity contribution in [3.8, 4) is 22.9 Å². The van der Waals surface area contributed by atoms with Gasteiger partial charge in [-0.1, -0.05) is 47.1 Å². The fourth-order valence-electron chi connectivity index (χ4n) is 3.32. The molecule has 0 saturated carbocycles. The van der Waals surface area contributed by atoms with E-state index in [4.69, 9.17) is 20.9 Å². The first kappa shape index (κ1) is 20.7. The van der Waals surface area contributed by atoms with E-state index in [0.29, 0.717) is 51.5 Å². The van der Waals surface area contributed by atoms with Gasteiger partial charge in [0.25, 0.3) is 5.91 Å². The third-order valence-electron chi connectivity index (χ3n) is 4.82. The maximum absolute atomic E-state index is 13.0. The van der Waals surface area contributed by atoms with E-state index in [9.17, 15) is 4.79 Å². The number of halogens is 1. The number of amides is 1. The predicted octanol–water partition coefficient (Wildman–Crippen LogP) is 5.07. The van der Waals surface area contributed by atoms with Crippen molar-refractivity contribution in [1.29, 1.82) is 0 Å². The summed E-state index contributed by atoms with van der Waals surface area (Å²) in [6.45, 7) is 3.93. The minimum atomic E-state index is -0.279. The molecule has 2 aromatic heterocycles. The van der Waals surface area contributed by atoms with Crippen LogP contribution in [-0.4, -0.2) is 20.8 Å². The summed E-state index contributed by atoms with van der Waals surface area (Å²) in [4.78, 5) is 13.0. The molecule has 0 saturated heterocycles. The first-order chi connectivity index (χ1) is 14.9. The lowest BCUT2D eigenvalue weighted by atomic mass is 10.1. The van der Waals surface area contributed by atoms with E-state index in [1.807, 2.05) is 37.3 Å². The van der Waals surface area contributed by atoms with Crippen LogP contribution in [-0.2, 0) is 13.6 Å². The Morgan fingerprint density at radius 2 is 1.84 bits per heavy atom. The summed E-state index contributed by atoms with van der Waals surface area (Å²) in [7, 11) is 1.77. The number of nitrogens with one attached hydrogen (secondary N) is 1. The Bertz CT molecular complexity index is 1210. The van der Waals surface area contributed by atoms with Gasteiger partial charge in [0.15, 0.2) is 0 Å². The van der Waals surface area contributed by atoms with Crippen molar-refractivity contribution in [1.82, 2.24) is 20.3 Å². The van der Waals surface area contributed by atoms with Crippen molar-refractivity contribution in [3.63, 3.8) is 0 Å². The Morgan fingerprint density at radius 3 is 2.55 bits per heavy atom. The standard InChI is InChI=1S/C23H21ClN4O3/c1-14-19(23(28(3)26-14)30-18-11-9-17(24)10-12-18)21-20(15(2)31-27-21)22(29)25-13-16-7-5-4-6-8-16/h4-12H,13H2,1-3H3,(H,25,29). The highest BCUT2D eigenvalue weighted by atomic mass is 35.5. The molecule has 0 atom stereocenters. The number of hydrogen-bond donors (Lipinski definition) is 1. The van der Waals surface area contributed by atoms with E-state index in [1.54, 1.807) is 42.9 Å². The maximum Gasteiger partial charge on any atom is 0.257 e. The highest BCUT2D eigenvalue weighted by molar-refractivity contribution is 6.30. The number of carbonyl (C=O) groups is 1. The summed E-state index contributed by atoms with van der Waals surface area (Å²) in [5.74, 6) is 1.17. The summed E-state index contributed by atoms with van der Waals surface area (Å²) in [6, 6.07) is 16.7. The number of aromatic nitrogens is 3. The number of rotatable bonds is 6. The molecule has 0 bridgehead atoms. The monoisotopic (exact) mass is 436 g/mol. The van der Waals surface area contributed by atoms with Crippen molar-refractivity contribution < 1.29 is 14.1 Å². The summed E-state index contributed by atoms with van der Waals surface area (Å²) < 4.78 is 13.1. The Labute approximate surface area is 184 Å². The second-order valence-electron chi connectivity index (χ2n) is 7.08. The second kappa shape index (κ2) is 8.65. The van der Waals surface area contributed by atoms with Crippen molar-refractivity contribution in [2.75, 3.05) is 0 Å². The summed E-state index contributed by atoms with van der Waals surface area (Å²) >= 11 is 5.97. The van der Waals surface area contributed by atoms with E-state index < -0.39 is 0 Å². The van der Waals surface area contributed by atoms with Crippen LogP contribution in [0.1, 0.15) is 27.4 Å². The molecule has 4 rings (SSSR count). The van der Waals surface area contributed by atoms with Gasteiger partial charge in [-0.25, -0.2) is 4.68 Å². The zero-order valence-corrected chi connectivity index (χ0v) is 18.1. The van der Waals surface area contributed by atoms with Crippen molar-refractivity contribution >= 4 is 17.5 Å². The average molecular weight is 437 g/mol. The molecule has 0 unspecified atom stereocenters. The van der Waals surface area contributed by atoms with Gasteiger partial charge < -0.3 is 14.6 Å². The number of nitrogens with zero attached hydrogens (tertiary/aromatic N) is 3. The third kappa shape index (κ3) is 4.32. The van der Waals surface area contributed by atoms with Gasteiger partial charge in [-0.15, -0.1) is 0 Å². The molecule has 1 N–H and O–H groups in total. The van der Waals surface area contributed by atoms with Crippen LogP contribution < -0.4 is 10.1 Å². The largest absolute Gasteiger partial charge is 0.439 e. The van der Waals surface area contributed by atoms with Crippen molar-refractivity contribution in [2.45, 2.75) is 20.4 Å². The molecule has 158 valence electrons. The van der Waals surface area contributed by atoms with E-state index in [2.05, 4.69) is 15.6 Å². The van der Waals surface area contributed by atoms with Gasteiger partial charge in [-0.05, 0) is 43.7 Å². The van der Waals surface area contributed by atoms with E-state index in [1.165, 1.54) is 0 Å². The maximum atomic E-state index is 13.0. The molecule has 2 aromatic carbocycles.